The third-order valence-electron chi connectivity index (χ3n) is 3.09. The van der Waals surface area contributed by atoms with Crippen molar-refractivity contribution in [1.82, 2.24) is 4.90 Å². The molecule has 0 radical (unpaired) electrons. The lowest BCUT2D eigenvalue weighted by molar-refractivity contribution is -0.385. The van der Waals surface area contributed by atoms with Gasteiger partial charge in [-0.25, -0.2) is 4.79 Å². The van der Waals surface area contributed by atoms with E-state index in [9.17, 15) is 19.7 Å². The Labute approximate surface area is 150 Å². The maximum atomic E-state index is 12.2. The van der Waals surface area contributed by atoms with Crippen LogP contribution in [0.1, 0.15) is 15.2 Å². The smallest absolute Gasteiger partial charge is 0.331 e. The molecule has 7 nitrogen and oxygen atoms in total. The molecule has 0 atom stereocenters. The standard InChI is InChI=1S/C15H13BrN2O5S/c1-9-7-10(3-4-11(9)18(21)22)23-14(19)8-17(2)15(20)12-5-6-13(16)24-12/h3-7H,8H2,1-2H3. The first kappa shape index (κ1) is 18.1. The second-order valence-electron chi connectivity index (χ2n) is 4.94. The van der Waals surface area contributed by atoms with E-state index < -0.39 is 10.9 Å². The third-order valence-corrected chi connectivity index (χ3v) is 4.71. The van der Waals surface area contributed by atoms with Crippen LogP contribution in [-0.2, 0) is 4.79 Å². The molecule has 0 aliphatic heterocycles. The number of esters is 1. The van der Waals surface area contributed by atoms with Gasteiger partial charge in [0.15, 0.2) is 0 Å². The molecule has 0 N–H and O–H groups in total. The number of halogens is 1. The zero-order valence-corrected chi connectivity index (χ0v) is 15.2. The number of benzene rings is 1. The van der Waals surface area contributed by atoms with Crippen molar-refractivity contribution in [2.45, 2.75) is 6.92 Å². The summed E-state index contributed by atoms with van der Waals surface area (Å²) in [5.74, 6) is -0.722. The Balaban J connectivity index is 1.99. The molecule has 2 rings (SSSR count). The molecule has 0 spiro atoms. The van der Waals surface area contributed by atoms with Crippen LogP contribution in [0.5, 0.6) is 5.75 Å². The van der Waals surface area contributed by atoms with Crippen molar-refractivity contribution < 1.29 is 19.2 Å². The summed E-state index contributed by atoms with van der Waals surface area (Å²) in [5, 5.41) is 10.8. The first-order valence-corrected chi connectivity index (χ1v) is 8.35. The van der Waals surface area contributed by atoms with Crippen molar-refractivity contribution in [2.75, 3.05) is 13.6 Å². The molecule has 0 saturated carbocycles. The van der Waals surface area contributed by atoms with E-state index in [1.807, 2.05) is 0 Å². The molecule has 1 heterocycles. The zero-order chi connectivity index (χ0) is 17.9. The molecule has 0 aliphatic carbocycles. The molecule has 0 bridgehead atoms. The molecule has 126 valence electrons. The normalized spacial score (nSPS) is 10.3. The van der Waals surface area contributed by atoms with Crippen LogP contribution in [0.4, 0.5) is 5.69 Å². The van der Waals surface area contributed by atoms with Crippen LogP contribution in [0.3, 0.4) is 0 Å². The molecule has 0 saturated heterocycles. The average Bonchev–Trinajstić information content (AvgIpc) is 2.92. The maximum absolute atomic E-state index is 12.2. The summed E-state index contributed by atoms with van der Waals surface area (Å²) in [4.78, 5) is 36.1. The monoisotopic (exact) mass is 412 g/mol. The van der Waals surface area contributed by atoms with Gasteiger partial charge in [0.1, 0.15) is 12.3 Å². The van der Waals surface area contributed by atoms with E-state index in [2.05, 4.69) is 15.9 Å². The van der Waals surface area contributed by atoms with Crippen molar-refractivity contribution in [1.29, 1.82) is 0 Å². The number of rotatable bonds is 5. The van der Waals surface area contributed by atoms with Crippen LogP contribution < -0.4 is 4.74 Å². The molecule has 2 aromatic rings. The van der Waals surface area contributed by atoms with Gasteiger partial charge in [0, 0.05) is 18.7 Å². The second kappa shape index (κ2) is 7.54. The number of hydrogen-bond donors (Lipinski definition) is 0. The van der Waals surface area contributed by atoms with Crippen LogP contribution in [-0.4, -0.2) is 35.3 Å². The number of thiophene rings is 1. The van der Waals surface area contributed by atoms with Crippen molar-refractivity contribution in [3.63, 3.8) is 0 Å². The third kappa shape index (κ3) is 4.39. The van der Waals surface area contributed by atoms with E-state index in [0.717, 1.165) is 3.79 Å². The van der Waals surface area contributed by atoms with E-state index in [-0.39, 0.29) is 23.9 Å². The molecule has 0 unspecified atom stereocenters. The highest BCUT2D eigenvalue weighted by molar-refractivity contribution is 9.11. The SMILES string of the molecule is Cc1cc(OC(=O)CN(C)C(=O)c2ccc(Br)s2)ccc1[N+](=O)[O-]. The zero-order valence-electron chi connectivity index (χ0n) is 12.8. The molecule has 9 heteroatoms. The Morgan fingerprint density at radius 1 is 1.33 bits per heavy atom. The average molecular weight is 413 g/mol. The number of hydrogen-bond acceptors (Lipinski definition) is 6. The van der Waals surface area contributed by atoms with Gasteiger partial charge in [0.25, 0.3) is 11.6 Å². The second-order valence-corrected chi connectivity index (χ2v) is 7.41. The summed E-state index contributed by atoms with van der Waals surface area (Å²) in [6, 6.07) is 7.45. The number of carbonyl (C=O) groups is 2. The van der Waals surface area contributed by atoms with Gasteiger partial charge < -0.3 is 9.64 Å². The molecule has 1 aromatic heterocycles. The number of carbonyl (C=O) groups excluding carboxylic acids is 2. The van der Waals surface area contributed by atoms with Gasteiger partial charge in [0.2, 0.25) is 0 Å². The minimum atomic E-state index is -0.630. The van der Waals surface area contributed by atoms with E-state index in [1.54, 1.807) is 19.1 Å². The van der Waals surface area contributed by atoms with Crippen LogP contribution in [0.2, 0.25) is 0 Å². The van der Waals surface area contributed by atoms with Crippen molar-refractivity contribution >= 4 is 44.8 Å². The summed E-state index contributed by atoms with van der Waals surface area (Å²) in [6.45, 7) is 1.32. The maximum Gasteiger partial charge on any atom is 0.331 e. The number of nitro benzene ring substituents is 1. The first-order chi connectivity index (χ1) is 11.3. The molecular formula is C15H13BrN2O5S. The predicted molar refractivity (Wildman–Crippen MR) is 92.4 cm³/mol. The fourth-order valence-corrected chi connectivity index (χ4v) is 3.32. The van der Waals surface area contributed by atoms with E-state index in [1.165, 1.54) is 41.5 Å². The van der Waals surface area contributed by atoms with Crippen LogP contribution >= 0.6 is 27.3 Å². The summed E-state index contributed by atoms with van der Waals surface area (Å²) >= 11 is 4.55. The Morgan fingerprint density at radius 3 is 2.58 bits per heavy atom. The minimum Gasteiger partial charge on any atom is -0.425 e. The molecule has 0 fully saturated rings. The van der Waals surface area contributed by atoms with E-state index in [0.29, 0.717) is 10.4 Å². The first-order valence-electron chi connectivity index (χ1n) is 6.74. The number of nitro groups is 1. The molecule has 1 amide bonds. The van der Waals surface area contributed by atoms with Crippen LogP contribution in [0, 0.1) is 17.0 Å². The van der Waals surface area contributed by atoms with Gasteiger partial charge in [-0.05, 0) is 47.1 Å². The Bertz CT molecular complexity index is 805. The minimum absolute atomic E-state index is 0.0506. The number of ether oxygens (including phenoxy) is 1. The number of nitrogens with zero attached hydrogens (tertiary/aromatic N) is 2. The number of likely N-dealkylation sites (N-methyl/N-ethyl adjacent to an activating group) is 1. The summed E-state index contributed by atoms with van der Waals surface area (Å²) < 4.78 is 5.95. The Kier molecular flexibility index (Phi) is 5.68. The van der Waals surface area contributed by atoms with Crippen molar-refractivity contribution in [3.05, 3.63) is 54.7 Å². The lowest BCUT2D eigenvalue weighted by atomic mass is 10.2. The van der Waals surface area contributed by atoms with Crippen LogP contribution in [0.25, 0.3) is 0 Å². The highest BCUT2D eigenvalue weighted by atomic mass is 79.9. The van der Waals surface area contributed by atoms with Gasteiger partial charge in [-0.3, -0.25) is 14.9 Å². The quantitative estimate of drug-likeness (QED) is 0.324. The fourth-order valence-electron chi connectivity index (χ4n) is 1.94. The van der Waals surface area contributed by atoms with Gasteiger partial charge in [-0.1, -0.05) is 0 Å². The number of amides is 1. The van der Waals surface area contributed by atoms with Crippen molar-refractivity contribution in [3.8, 4) is 5.75 Å². The Hall–Kier alpha value is -2.26. The van der Waals surface area contributed by atoms with E-state index in [4.69, 9.17) is 4.74 Å². The summed E-state index contributed by atoms with van der Waals surface area (Å²) in [7, 11) is 1.50. The number of aryl methyl sites for hydroxylation is 1. The predicted octanol–water partition coefficient (Wildman–Crippen LogP) is 3.40. The highest BCUT2D eigenvalue weighted by Gasteiger charge is 2.18. The van der Waals surface area contributed by atoms with Crippen LogP contribution in [0.15, 0.2) is 34.1 Å². The Morgan fingerprint density at radius 2 is 2.04 bits per heavy atom. The summed E-state index contributed by atoms with van der Waals surface area (Å²) in [6.07, 6.45) is 0. The van der Waals surface area contributed by atoms with Gasteiger partial charge in [-0.15, -0.1) is 11.3 Å². The largest absolute Gasteiger partial charge is 0.425 e. The lowest BCUT2D eigenvalue weighted by Gasteiger charge is -2.15. The van der Waals surface area contributed by atoms with Gasteiger partial charge in [-0.2, -0.15) is 0 Å². The van der Waals surface area contributed by atoms with Crippen molar-refractivity contribution in [2.24, 2.45) is 0 Å². The van der Waals surface area contributed by atoms with E-state index >= 15 is 0 Å². The van der Waals surface area contributed by atoms with Gasteiger partial charge in [0.05, 0.1) is 13.6 Å². The summed E-state index contributed by atoms with van der Waals surface area (Å²) in [5.41, 5.74) is 0.337. The van der Waals surface area contributed by atoms with Gasteiger partial charge >= 0.3 is 5.97 Å². The molecular weight excluding hydrogens is 400 g/mol. The molecule has 0 aliphatic rings. The lowest BCUT2D eigenvalue weighted by Crippen LogP contribution is -2.33. The molecule has 24 heavy (non-hydrogen) atoms. The topological polar surface area (TPSA) is 89.8 Å². The molecule has 1 aromatic carbocycles. The highest BCUT2D eigenvalue weighted by Crippen LogP contribution is 2.24. The fraction of sp³-hybridized carbons (Fsp3) is 0.200.